The molecule has 4 heteroatoms. The van der Waals surface area contributed by atoms with E-state index in [1.54, 1.807) is 0 Å². The first-order valence-corrected chi connectivity index (χ1v) is 0.365. The van der Waals surface area contributed by atoms with E-state index in [4.69, 9.17) is 10.1 Å². The molecule has 0 atom stereocenters. The predicted molar refractivity (Wildman–Crippen MR) is 17.7 cm³/mol. The average molecular weight is 257 g/mol. The Kier molecular flexibility index (Phi) is 23.0. The fourth-order valence-corrected chi connectivity index (χ4v) is 0. The molecule has 0 heterocycles. The Morgan fingerprint density at radius 1 is 1.75 bits per heavy atom. The van der Waals surface area contributed by atoms with Gasteiger partial charge in [0.15, 0.2) is 0 Å². The van der Waals surface area contributed by atoms with Gasteiger partial charge < -0.3 is 10.1 Å². The summed E-state index contributed by atoms with van der Waals surface area (Å²) in [6.07, 6.45) is 0. The summed E-state index contributed by atoms with van der Waals surface area (Å²) < 4.78 is 0. The van der Waals surface area contributed by atoms with E-state index in [2.05, 4.69) is 0 Å². The summed E-state index contributed by atoms with van der Waals surface area (Å²) in [4.78, 5) is 8.00. The van der Waals surface area contributed by atoms with E-state index in [9.17, 15) is 0 Å². The molecule has 0 amide bonds. The monoisotopic (exact) mass is 257 g/mol. The third-order valence-corrected chi connectivity index (χ3v) is 0. The minimum atomic E-state index is 0. The first-order valence-electron chi connectivity index (χ1n) is 0.365. The van der Waals surface area contributed by atoms with Gasteiger partial charge in [-0.2, -0.15) is 0 Å². The molecular weight excluding hydrogens is 255 g/mol. The van der Waals surface area contributed by atoms with Gasteiger partial charge in [0.25, 0.3) is 0 Å². The summed E-state index contributed by atoms with van der Waals surface area (Å²) in [5.74, 6) is 0. The number of hydrogen-bond acceptors (Lipinski definition) is 3. The van der Waals surface area contributed by atoms with Crippen LogP contribution in [0.4, 0.5) is 0 Å². The Morgan fingerprint density at radius 2 is 1.75 bits per heavy atom. The molecule has 1 radical (unpaired) electrons. The summed E-state index contributed by atoms with van der Waals surface area (Å²) in [5.41, 5.74) is 0. The first kappa shape index (κ1) is 8.86. The maximum atomic E-state index is 8.00. The van der Waals surface area contributed by atoms with Crippen LogP contribution in [0, 0.1) is 10.1 Å². The molecule has 0 N–H and O–H groups in total. The van der Waals surface area contributed by atoms with Crippen molar-refractivity contribution in [3.8, 4) is 0 Å². The van der Waals surface area contributed by atoms with Gasteiger partial charge in [-0.15, -0.1) is 5.34 Å². The fraction of sp³-hybridized carbons (Fsp3) is 0. The summed E-state index contributed by atoms with van der Waals surface area (Å²) in [7, 11) is 0. The zero-order valence-electron chi connectivity index (χ0n) is 1.84. The quantitative estimate of drug-likeness (QED) is 0.328. The van der Waals surface area contributed by atoms with Crippen molar-refractivity contribution in [2.45, 2.75) is 0 Å². The van der Waals surface area contributed by atoms with Crippen LogP contribution in [0.25, 0.3) is 0 Å². The summed E-state index contributed by atoms with van der Waals surface area (Å²) in [6, 6.07) is 0. The van der Waals surface area contributed by atoms with E-state index < -0.39 is 0 Å². The standard InChI is InChI=1S/Bi.HNO2.2H/c;2-1-3;;/h;(H,2,3);;/p-1. The Morgan fingerprint density at radius 3 is 1.75 bits per heavy atom. The van der Waals surface area contributed by atoms with Crippen molar-refractivity contribution in [1.29, 1.82) is 0 Å². The number of hydrogen-bond donors (Lipinski definition) is 0. The van der Waals surface area contributed by atoms with Crippen molar-refractivity contribution in [2.24, 2.45) is 5.34 Å². The van der Waals surface area contributed by atoms with Crippen molar-refractivity contribution in [1.82, 2.24) is 0 Å². The zero-order valence-corrected chi connectivity index (χ0v) is 6.33. The molecule has 0 aromatic rings. The van der Waals surface area contributed by atoms with Gasteiger partial charge in [-0.3, -0.25) is 0 Å². The Hall–Kier alpha value is 0.283. The van der Waals surface area contributed by atoms with Crippen LogP contribution in [0.3, 0.4) is 0 Å². The Bertz CT molecular complexity index is 13.5. The van der Waals surface area contributed by atoms with E-state index in [0.717, 1.165) is 5.34 Å². The molecule has 0 rings (SSSR count). The predicted octanol–water partition coefficient (Wildman–Crippen LogP) is -0.666. The normalized spacial score (nSPS) is 3.00. The third kappa shape index (κ3) is 46.9. The molecule has 0 fully saturated rings. The van der Waals surface area contributed by atoms with E-state index in [0.29, 0.717) is 0 Å². The van der Waals surface area contributed by atoms with Crippen LogP contribution in [0.2, 0.25) is 0 Å². The SMILES string of the molecule is O=N[O-].[BiH2]. The molecule has 0 spiro atoms. The fourth-order valence-electron chi connectivity index (χ4n) is 0. The van der Waals surface area contributed by atoms with Crippen molar-refractivity contribution in [3.05, 3.63) is 10.1 Å². The van der Waals surface area contributed by atoms with Gasteiger partial charge in [-0.1, -0.05) is 0 Å². The molecule has 0 aliphatic carbocycles. The molecule has 0 saturated carbocycles. The summed E-state index contributed by atoms with van der Waals surface area (Å²) in [6.45, 7) is 0. The second kappa shape index (κ2) is 10.4. The van der Waals surface area contributed by atoms with Gasteiger partial charge in [0.05, 0.1) is 0 Å². The Labute approximate surface area is 42.1 Å². The molecule has 0 aromatic carbocycles. The van der Waals surface area contributed by atoms with Crippen LogP contribution in [0.1, 0.15) is 0 Å². The summed E-state index contributed by atoms with van der Waals surface area (Å²) in [5, 5.41) is 9.00. The van der Waals surface area contributed by atoms with Gasteiger partial charge in [-0.05, 0) is 0 Å². The maximum absolute atomic E-state index is 8.00. The Balaban J connectivity index is 0. The molecule has 0 aliphatic rings. The molecule has 0 saturated heterocycles. The van der Waals surface area contributed by atoms with Crippen molar-refractivity contribution in [3.63, 3.8) is 0 Å². The average Bonchev–Trinajstić information content (AvgIpc) is 0.918. The van der Waals surface area contributed by atoms with Crippen LogP contribution in [-0.4, -0.2) is 26.2 Å². The molecule has 3 nitrogen and oxygen atoms in total. The van der Waals surface area contributed by atoms with Crippen molar-refractivity contribution < 1.29 is 0 Å². The first-order chi connectivity index (χ1) is 1.41. The van der Waals surface area contributed by atoms with Gasteiger partial charge in [-0.25, -0.2) is 0 Å². The van der Waals surface area contributed by atoms with Crippen LogP contribution >= 0.6 is 0 Å². The van der Waals surface area contributed by atoms with Crippen molar-refractivity contribution >= 4 is 26.2 Å². The summed E-state index contributed by atoms with van der Waals surface area (Å²) >= 11 is 0. The number of rotatable bonds is 0. The van der Waals surface area contributed by atoms with Gasteiger partial charge in [0, 0.05) is 0 Å². The van der Waals surface area contributed by atoms with Crippen LogP contribution < -0.4 is 0 Å². The zero-order chi connectivity index (χ0) is 2.71. The van der Waals surface area contributed by atoms with Crippen LogP contribution in [0.5, 0.6) is 0 Å². The molecule has 0 aliphatic heterocycles. The molecule has 0 bridgehead atoms. The van der Waals surface area contributed by atoms with E-state index in [-0.39, 0.29) is 26.2 Å². The van der Waals surface area contributed by atoms with Gasteiger partial charge in [0.1, 0.15) is 0 Å². The molecule has 25 valence electrons. The molecular formula is H2BiNO2-. The van der Waals surface area contributed by atoms with E-state index >= 15 is 0 Å². The van der Waals surface area contributed by atoms with Gasteiger partial charge >= 0.3 is 26.2 Å². The molecule has 4 heavy (non-hydrogen) atoms. The van der Waals surface area contributed by atoms with Crippen molar-refractivity contribution in [2.75, 3.05) is 0 Å². The molecule has 0 aromatic heterocycles. The van der Waals surface area contributed by atoms with E-state index in [1.165, 1.54) is 0 Å². The molecule has 0 unspecified atom stereocenters. The second-order valence-corrected chi connectivity index (χ2v) is 0.0745. The third-order valence-electron chi connectivity index (χ3n) is 0. The van der Waals surface area contributed by atoms with E-state index in [1.807, 2.05) is 0 Å². The second-order valence-electron chi connectivity index (χ2n) is 0.0745. The van der Waals surface area contributed by atoms with Gasteiger partial charge in [0.2, 0.25) is 0 Å². The van der Waals surface area contributed by atoms with Crippen LogP contribution in [-0.2, 0) is 0 Å². The number of nitrogens with zero attached hydrogens (tertiary/aromatic N) is 1. The van der Waals surface area contributed by atoms with Crippen LogP contribution in [0.15, 0.2) is 5.34 Å². The minimum absolute atomic E-state index is 0. The topological polar surface area (TPSA) is 52.5 Å².